The van der Waals surface area contributed by atoms with Gasteiger partial charge < -0.3 is 15.0 Å². The zero-order valence-electron chi connectivity index (χ0n) is 20.7. The van der Waals surface area contributed by atoms with Gasteiger partial charge in [0.15, 0.2) is 0 Å². The van der Waals surface area contributed by atoms with Crippen molar-refractivity contribution in [1.29, 1.82) is 0 Å². The van der Waals surface area contributed by atoms with Crippen LogP contribution in [0.3, 0.4) is 0 Å². The van der Waals surface area contributed by atoms with Crippen LogP contribution in [0.15, 0.2) is 72.9 Å². The molecule has 0 aliphatic carbocycles. The Morgan fingerprint density at radius 2 is 1.69 bits per heavy atom. The molecule has 0 atom stereocenters. The maximum atomic E-state index is 12.1. The average Bonchev–Trinajstić information content (AvgIpc) is 2.93. The molecule has 2 aromatic carbocycles. The number of ether oxygens (including phenoxy) is 1. The van der Waals surface area contributed by atoms with Crippen molar-refractivity contribution in [3.05, 3.63) is 78.6 Å². The lowest BCUT2D eigenvalue weighted by Crippen LogP contribution is -2.46. The van der Waals surface area contributed by atoms with Gasteiger partial charge in [-0.2, -0.15) is 0 Å². The maximum Gasteiger partial charge on any atom is 0.220 e. The molecule has 0 unspecified atom stereocenters. The monoisotopic (exact) mass is 472 g/mol. The van der Waals surface area contributed by atoms with Gasteiger partial charge in [0.25, 0.3) is 0 Å². The Morgan fingerprint density at radius 1 is 0.914 bits per heavy atom. The second kappa shape index (κ2) is 12.9. The van der Waals surface area contributed by atoms with E-state index < -0.39 is 0 Å². The second-order valence-electron chi connectivity index (χ2n) is 8.98. The molecule has 0 saturated carbocycles. The number of benzene rings is 2. The number of amides is 1. The molecule has 1 saturated heterocycles. The van der Waals surface area contributed by atoms with Crippen LogP contribution in [0.1, 0.15) is 31.4 Å². The van der Waals surface area contributed by atoms with Crippen molar-refractivity contribution < 1.29 is 9.53 Å². The first kappa shape index (κ1) is 24.7. The maximum absolute atomic E-state index is 12.1. The van der Waals surface area contributed by atoms with Gasteiger partial charge in [0.1, 0.15) is 5.75 Å². The molecule has 1 N–H and O–H groups in total. The zero-order valence-corrected chi connectivity index (χ0v) is 20.7. The number of para-hydroxylation sites is 1. The first-order valence-corrected chi connectivity index (χ1v) is 12.6. The van der Waals surface area contributed by atoms with Crippen LogP contribution in [0.5, 0.6) is 5.75 Å². The molecule has 0 radical (unpaired) electrons. The molecule has 0 bridgehead atoms. The number of carbonyl (C=O) groups excluding carboxylic acids is 1. The number of aromatic nitrogens is 1. The third kappa shape index (κ3) is 7.30. The van der Waals surface area contributed by atoms with Crippen molar-refractivity contribution in [2.75, 3.05) is 44.7 Å². The number of methoxy groups -OCH3 is 1. The first-order valence-electron chi connectivity index (χ1n) is 12.6. The highest BCUT2D eigenvalue weighted by Gasteiger charge is 2.19. The number of pyridine rings is 1. The van der Waals surface area contributed by atoms with Crippen LogP contribution in [0.2, 0.25) is 0 Å². The normalized spacial score (nSPS) is 14.0. The summed E-state index contributed by atoms with van der Waals surface area (Å²) in [5, 5.41) is 2.96. The molecule has 4 rings (SSSR count). The fourth-order valence-corrected chi connectivity index (χ4v) is 4.55. The van der Waals surface area contributed by atoms with E-state index in [1.54, 1.807) is 13.3 Å². The van der Waals surface area contributed by atoms with Crippen molar-refractivity contribution in [2.24, 2.45) is 0 Å². The molecule has 1 aliphatic rings. The third-order valence-electron chi connectivity index (χ3n) is 6.59. The molecular formula is C29H36N4O2. The van der Waals surface area contributed by atoms with Gasteiger partial charge in [-0.25, -0.2) is 0 Å². The molecule has 1 amide bonds. The standard InChI is InChI=1S/C29H36N4O2/c1-35-26-15-13-24(14-16-26)27-10-4-5-11-28(27)33-21-19-32(20-22-33)18-8-2-3-12-29(34)31-23-25-9-6-7-17-30-25/h4-7,9-11,13-17H,2-3,8,12,18-23H2,1H3,(H,31,34). The van der Waals surface area contributed by atoms with E-state index >= 15 is 0 Å². The Balaban J connectivity index is 1.16. The lowest BCUT2D eigenvalue weighted by molar-refractivity contribution is -0.121. The number of carbonyl (C=O) groups is 1. The van der Waals surface area contributed by atoms with Crippen molar-refractivity contribution in [3.63, 3.8) is 0 Å². The Labute approximate surface area is 208 Å². The van der Waals surface area contributed by atoms with E-state index in [-0.39, 0.29) is 5.91 Å². The fraction of sp³-hybridized carbons (Fsp3) is 0.379. The average molecular weight is 473 g/mol. The van der Waals surface area contributed by atoms with Crippen LogP contribution >= 0.6 is 0 Å². The third-order valence-corrected chi connectivity index (χ3v) is 6.59. The molecule has 6 nitrogen and oxygen atoms in total. The highest BCUT2D eigenvalue weighted by Crippen LogP contribution is 2.32. The number of anilines is 1. The summed E-state index contributed by atoms with van der Waals surface area (Å²) in [5.41, 5.74) is 4.68. The molecule has 35 heavy (non-hydrogen) atoms. The molecule has 6 heteroatoms. The quantitative estimate of drug-likeness (QED) is 0.408. The van der Waals surface area contributed by atoms with Gasteiger partial charge in [-0.1, -0.05) is 42.8 Å². The highest BCUT2D eigenvalue weighted by molar-refractivity contribution is 5.79. The van der Waals surface area contributed by atoms with Crippen LogP contribution in [0.4, 0.5) is 5.69 Å². The van der Waals surface area contributed by atoms with Crippen molar-refractivity contribution in [3.8, 4) is 16.9 Å². The van der Waals surface area contributed by atoms with Gasteiger partial charge in [0.05, 0.1) is 19.3 Å². The first-order chi connectivity index (χ1) is 17.2. The van der Waals surface area contributed by atoms with Crippen LogP contribution in [0, 0.1) is 0 Å². The van der Waals surface area contributed by atoms with Crippen LogP contribution in [-0.4, -0.2) is 55.6 Å². The summed E-state index contributed by atoms with van der Waals surface area (Å²) in [6.07, 6.45) is 5.49. The molecular weight excluding hydrogens is 436 g/mol. The summed E-state index contributed by atoms with van der Waals surface area (Å²) in [6.45, 7) is 5.81. The molecule has 1 aliphatic heterocycles. The fourth-order valence-electron chi connectivity index (χ4n) is 4.55. The van der Waals surface area contributed by atoms with Crippen molar-refractivity contribution >= 4 is 11.6 Å². The molecule has 1 aromatic heterocycles. The topological polar surface area (TPSA) is 57.7 Å². The molecule has 3 aromatic rings. The predicted molar refractivity (Wildman–Crippen MR) is 142 cm³/mol. The van der Waals surface area contributed by atoms with Crippen LogP contribution in [0.25, 0.3) is 11.1 Å². The second-order valence-corrected chi connectivity index (χ2v) is 8.98. The van der Waals surface area contributed by atoms with Gasteiger partial charge in [-0.05, 0) is 55.3 Å². The van der Waals surface area contributed by atoms with E-state index in [0.29, 0.717) is 13.0 Å². The number of rotatable bonds is 11. The van der Waals surface area contributed by atoms with E-state index in [0.717, 1.165) is 63.4 Å². The predicted octanol–water partition coefficient (Wildman–Crippen LogP) is 4.76. The minimum Gasteiger partial charge on any atom is -0.497 e. The van der Waals surface area contributed by atoms with Gasteiger partial charge >= 0.3 is 0 Å². The summed E-state index contributed by atoms with van der Waals surface area (Å²) >= 11 is 0. The summed E-state index contributed by atoms with van der Waals surface area (Å²) in [5.74, 6) is 0.991. The number of unbranched alkanes of at least 4 members (excludes halogenated alkanes) is 2. The number of hydrogen-bond donors (Lipinski definition) is 1. The molecule has 0 spiro atoms. The number of hydrogen-bond acceptors (Lipinski definition) is 5. The van der Waals surface area contributed by atoms with Crippen LogP contribution < -0.4 is 15.0 Å². The summed E-state index contributed by atoms with van der Waals surface area (Å²) in [7, 11) is 1.70. The SMILES string of the molecule is COc1ccc(-c2ccccc2N2CCN(CCCCCC(=O)NCc3ccccn3)CC2)cc1. The largest absolute Gasteiger partial charge is 0.497 e. The Morgan fingerprint density at radius 3 is 2.43 bits per heavy atom. The van der Waals surface area contributed by atoms with Crippen molar-refractivity contribution in [1.82, 2.24) is 15.2 Å². The Bertz CT molecular complexity index is 1050. The minimum atomic E-state index is 0.111. The Hall–Kier alpha value is -3.38. The lowest BCUT2D eigenvalue weighted by Gasteiger charge is -2.37. The Kier molecular flexibility index (Phi) is 9.12. The lowest BCUT2D eigenvalue weighted by atomic mass is 10.0. The number of piperazine rings is 1. The molecule has 1 fully saturated rings. The molecule has 2 heterocycles. The van der Waals surface area contributed by atoms with Gasteiger partial charge in [0, 0.05) is 50.0 Å². The summed E-state index contributed by atoms with van der Waals surface area (Å²) in [6, 6.07) is 22.7. The van der Waals surface area contributed by atoms with E-state index in [1.807, 2.05) is 30.3 Å². The van der Waals surface area contributed by atoms with Crippen LogP contribution in [-0.2, 0) is 11.3 Å². The van der Waals surface area contributed by atoms with Crippen molar-refractivity contribution in [2.45, 2.75) is 32.2 Å². The van der Waals surface area contributed by atoms with Gasteiger partial charge in [-0.3, -0.25) is 14.7 Å². The number of nitrogens with one attached hydrogen (secondary N) is 1. The van der Waals surface area contributed by atoms with E-state index in [2.05, 4.69) is 56.5 Å². The summed E-state index contributed by atoms with van der Waals surface area (Å²) in [4.78, 5) is 21.3. The zero-order chi connectivity index (χ0) is 24.3. The molecule has 184 valence electrons. The van der Waals surface area contributed by atoms with Gasteiger partial charge in [-0.15, -0.1) is 0 Å². The summed E-state index contributed by atoms with van der Waals surface area (Å²) < 4.78 is 5.31. The van der Waals surface area contributed by atoms with E-state index in [4.69, 9.17) is 4.74 Å². The highest BCUT2D eigenvalue weighted by atomic mass is 16.5. The smallest absolute Gasteiger partial charge is 0.220 e. The van der Waals surface area contributed by atoms with E-state index in [9.17, 15) is 4.79 Å². The van der Waals surface area contributed by atoms with Gasteiger partial charge in [0.2, 0.25) is 5.91 Å². The van der Waals surface area contributed by atoms with E-state index in [1.165, 1.54) is 16.8 Å². The minimum absolute atomic E-state index is 0.111. The number of nitrogens with zero attached hydrogens (tertiary/aromatic N) is 3.